The van der Waals surface area contributed by atoms with Crippen molar-refractivity contribution in [3.05, 3.63) is 29.9 Å². The van der Waals surface area contributed by atoms with Crippen LogP contribution in [0.5, 0.6) is 0 Å². The molecular weight excluding hydrogens is 242 g/mol. The lowest BCUT2D eigenvalue weighted by molar-refractivity contribution is 0.370. The molecule has 1 N–H and O–H groups in total. The molecule has 0 aliphatic heterocycles. The lowest BCUT2D eigenvalue weighted by atomic mass is 10.3. The van der Waals surface area contributed by atoms with Crippen molar-refractivity contribution in [2.75, 3.05) is 6.54 Å². The Morgan fingerprint density at radius 3 is 3.00 bits per heavy atom. The Morgan fingerprint density at radius 2 is 2.21 bits per heavy atom. The van der Waals surface area contributed by atoms with Crippen LogP contribution in [0.4, 0.5) is 0 Å². The van der Waals surface area contributed by atoms with Gasteiger partial charge in [-0.3, -0.25) is 0 Å². The van der Waals surface area contributed by atoms with Crippen LogP contribution in [0.2, 0.25) is 0 Å². The van der Waals surface area contributed by atoms with Crippen LogP contribution in [0, 0.1) is 0 Å². The molecule has 2 heterocycles. The van der Waals surface area contributed by atoms with E-state index >= 15 is 0 Å². The van der Waals surface area contributed by atoms with Gasteiger partial charge in [-0.05, 0) is 19.4 Å². The standard InChI is InChI=1S/C13H21N5O/c1-3-5-13-16-11(17-19-13)10-18-8-7-15-12(18)9-14-6-4-2/h7-8,14H,3-6,9-10H2,1-2H3. The summed E-state index contributed by atoms with van der Waals surface area (Å²) in [5.41, 5.74) is 0. The molecule has 0 aliphatic rings. The molecule has 0 aliphatic carbocycles. The first-order chi connectivity index (χ1) is 9.33. The van der Waals surface area contributed by atoms with E-state index in [1.54, 1.807) is 6.20 Å². The fourth-order valence-corrected chi connectivity index (χ4v) is 1.85. The second kappa shape index (κ2) is 7.04. The molecule has 2 aromatic heterocycles. The van der Waals surface area contributed by atoms with Crippen LogP contribution in [-0.4, -0.2) is 26.2 Å². The van der Waals surface area contributed by atoms with Crippen molar-refractivity contribution in [2.24, 2.45) is 0 Å². The van der Waals surface area contributed by atoms with Crippen molar-refractivity contribution in [3.63, 3.8) is 0 Å². The summed E-state index contributed by atoms with van der Waals surface area (Å²) in [6.07, 6.45) is 6.71. The molecule has 104 valence electrons. The molecule has 0 aromatic carbocycles. The minimum atomic E-state index is 0.607. The highest BCUT2D eigenvalue weighted by Gasteiger charge is 2.08. The first-order valence-electron chi connectivity index (χ1n) is 6.85. The van der Waals surface area contributed by atoms with Crippen LogP contribution in [0.3, 0.4) is 0 Å². The minimum Gasteiger partial charge on any atom is -0.339 e. The van der Waals surface area contributed by atoms with Gasteiger partial charge in [0.05, 0.1) is 13.1 Å². The fraction of sp³-hybridized carbons (Fsp3) is 0.615. The SMILES string of the molecule is CCCNCc1nccn1Cc1noc(CCC)n1. The Bertz CT molecular complexity index is 491. The van der Waals surface area contributed by atoms with Gasteiger partial charge in [-0.1, -0.05) is 19.0 Å². The van der Waals surface area contributed by atoms with Gasteiger partial charge in [-0.25, -0.2) is 4.98 Å². The third-order valence-corrected chi connectivity index (χ3v) is 2.80. The van der Waals surface area contributed by atoms with E-state index in [4.69, 9.17) is 4.52 Å². The lowest BCUT2D eigenvalue weighted by Gasteiger charge is -2.05. The van der Waals surface area contributed by atoms with Crippen LogP contribution in [0.25, 0.3) is 0 Å². The molecule has 0 bridgehead atoms. The monoisotopic (exact) mass is 263 g/mol. The lowest BCUT2D eigenvalue weighted by Crippen LogP contribution is -2.18. The van der Waals surface area contributed by atoms with E-state index in [2.05, 4.69) is 34.3 Å². The summed E-state index contributed by atoms with van der Waals surface area (Å²) in [4.78, 5) is 8.71. The largest absolute Gasteiger partial charge is 0.339 e. The highest BCUT2D eigenvalue weighted by molar-refractivity contribution is 4.97. The zero-order chi connectivity index (χ0) is 13.5. The predicted molar refractivity (Wildman–Crippen MR) is 71.6 cm³/mol. The van der Waals surface area contributed by atoms with Crippen LogP contribution < -0.4 is 5.32 Å². The molecule has 0 unspecified atom stereocenters. The Morgan fingerprint density at radius 1 is 1.32 bits per heavy atom. The Balaban J connectivity index is 1.96. The summed E-state index contributed by atoms with van der Waals surface area (Å²) in [5.74, 6) is 2.41. The van der Waals surface area contributed by atoms with E-state index in [1.807, 2.05) is 10.8 Å². The van der Waals surface area contributed by atoms with Crippen LogP contribution in [0.15, 0.2) is 16.9 Å². The van der Waals surface area contributed by atoms with Gasteiger partial charge in [0.25, 0.3) is 0 Å². The van der Waals surface area contributed by atoms with E-state index in [-0.39, 0.29) is 0 Å². The van der Waals surface area contributed by atoms with Crippen molar-refractivity contribution in [2.45, 2.75) is 46.2 Å². The molecule has 0 atom stereocenters. The smallest absolute Gasteiger partial charge is 0.226 e. The molecule has 6 heteroatoms. The minimum absolute atomic E-state index is 0.607. The fourth-order valence-electron chi connectivity index (χ4n) is 1.85. The third kappa shape index (κ3) is 3.89. The van der Waals surface area contributed by atoms with Crippen molar-refractivity contribution < 1.29 is 4.52 Å². The van der Waals surface area contributed by atoms with Crippen molar-refractivity contribution in [1.82, 2.24) is 25.0 Å². The van der Waals surface area contributed by atoms with Gasteiger partial charge in [-0.2, -0.15) is 4.98 Å². The van der Waals surface area contributed by atoms with Crippen LogP contribution in [0.1, 0.15) is 44.2 Å². The molecule has 0 saturated heterocycles. The first-order valence-corrected chi connectivity index (χ1v) is 6.85. The Hall–Kier alpha value is -1.69. The summed E-state index contributed by atoms with van der Waals surface area (Å²) in [7, 11) is 0. The second-order valence-corrected chi connectivity index (χ2v) is 4.50. The summed E-state index contributed by atoms with van der Waals surface area (Å²) >= 11 is 0. The number of imidazole rings is 1. The summed E-state index contributed by atoms with van der Waals surface area (Å²) < 4.78 is 7.23. The second-order valence-electron chi connectivity index (χ2n) is 4.50. The van der Waals surface area contributed by atoms with Gasteiger partial charge < -0.3 is 14.4 Å². The molecule has 19 heavy (non-hydrogen) atoms. The van der Waals surface area contributed by atoms with Gasteiger partial charge in [-0.15, -0.1) is 0 Å². The van der Waals surface area contributed by atoms with Gasteiger partial charge >= 0.3 is 0 Å². The van der Waals surface area contributed by atoms with Gasteiger partial charge in [0.1, 0.15) is 5.82 Å². The Labute approximate surface area is 113 Å². The Kier molecular flexibility index (Phi) is 5.09. The van der Waals surface area contributed by atoms with E-state index < -0.39 is 0 Å². The van der Waals surface area contributed by atoms with E-state index in [0.29, 0.717) is 18.3 Å². The highest BCUT2D eigenvalue weighted by atomic mass is 16.5. The number of hydrogen-bond acceptors (Lipinski definition) is 5. The van der Waals surface area contributed by atoms with Crippen molar-refractivity contribution in [3.8, 4) is 0 Å². The molecule has 2 aromatic rings. The van der Waals surface area contributed by atoms with E-state index in [1.165, 1.54) is 0 Å². The van der Waals surface area contributed by atoms with E-state index in [9.17, 15) is 0 Å². The normalized spacial score (nSPS) is 11.1. The molecule has 0 spiro atoms. The molecule has 0 fully saturated rings. The summed E-state index contributed by atoms with van der Waals surface area (Å²) in [6.45, 7) is 6.61. The number of nitrogens with zero attached hydrogens (tertiary/aromatic N) is 4. The zero-order valence-electron chi connectivity index (χ0n) is 11.6. The molecule has 6 nitrogen and oxygen atoms in total. The molecule has 2 rings (SSSR count). The average Bonchev–Trinajstić information content (AvgIpc) is 3.01. The number of nitrogens with one attached hydrogen (secondary N) is 1. The van der Waals surface area contributed by atoms with E-state index in [0.717, 1.165) is 38.2 Å². The molecule has 0 saturated carbocycles. The van der Waals surface area contributed by atoms with Crippen LogP contribution in [-0.2, 0) is 19.5 Å². The topological polar surface area (TPSA) is 68.8 Å². The zero-order valence-corrected chi connectivity index (χ0v) is 11.6. The summed E-state index contributed by atoms with van der Waals surface area (Å²) in [6, 6.07) is 0. The maximum atomic E-state index is 5.18. The van der Waals surface area contributed by atoms with Gasteiger partial charge in [0, 0.05) is 18.8 Å². The summed E-state index contributed by atoms with van der Waals surface area (Å²) in [5, 5.41) is 7.33. The quantitative estimate of drug-likeness (QED) is 0.735. The molecule has 0 radical (unpaired) electrons. The number of rotatable bonds is 8. The predicted octanol–water partition coefficient (Wildman–Crippen LogP) is 1.77. The maximum absolute atomic E-state index is 5.18. The van der Waals surface area contributed by atoms with Crippen LogP contribution >= 0.6 is 0 Å². The van der Waals surface area contributed by atoms with Gasteiger partial charge in [0.15, 0.2) is 5.82 Å². The number of hydrogen-bond donors (Lipinski definition) is 1. The number of aromatic nitrogens is 4. The average molecular weight is 263 g/mol. The third-order valence-electron chi connectivity index (χ3n) is 2.80. The molecular formula is C13H21N5O. The van der Waals surface area contributed by atoms with Gasteiger partial charge in [0.2, 0.25) is 5.89 Å². The van der Waals surface area contributed by atoms with Crippen molar-refractivity contribution in [1.29, 1.82) is 0 Å². The van der Waals surface area contributed by atoms with Crippen molar-refractivity contribution >= 4 is 0 Å². The maximum Gasteiger partial charge on any atom is 0.226 e. The molecule has 0 amide bonds. The first kappa shape index (κ1) is 13.7. The highest BCUT2D eigenvalue weighted by Crippen LogP contribution is 2.05. The number of aryl methyl sites for hydroxylation is 1.